The number of amides is 1. The maximum Gasteiger partial charge on any atom is 0.328 e. The number of nitrogens with one attached hydrogen (secondary N) is 1. The van der Waals surface area contributed by atoms with Gasteiger partial charge in [-0.25, -0.2) is 13.6 Å². The molecule has 0 aliphatic carbocycles. The minimum Gasteiger partial charge on any atom is -0.464 e. The van der Waals surface area contributed by atoms with Crippen LogP contribution in [-0.4, -0.2) is 24.5 Å². The molecular formula is C20H29F2NO3. The van der Waals surface area contributed by atoms with Gasteiger partial charge in [-0.15, -0.1) is 0 Å². The van der Waals surface area contributed by atoms with Crippen molar-refractivity contribution >= 4 is 11.9 Å². The predicted molar refractivity (Wildman–Crippen MR) is 96.9 cm³/mol. The predicted octanol–water partition coefficient (Wildman–Crippen LogP) is 4.77. The van der Waals surface area contributed by atoms with Crippen molar-refractivity contribution in [1.82, 2.24) is 5.32 Å². The van der Waals surface area contributed by atoms with Gasteiger partial charge in [-0.2, -0.15) is 0 Å². The van der Waals surface area contributed by atoms with Crippen molar-refractivity contribution in [2.75, 3.05) is 6.61 Å². The minimum atomic E-state index is -0.931. The van der Waals surface area contributed by atoms with E-state index in [1.54, 1.807) is 0 Å². The summed E-state index contributed by atoms with van der Waals surface area (Å²) in [5.41, 5.74) is -0.437. The van der Waals surface area contributed by atoms with Crippen molar-refractivity contribution < 1.29 is 23.1 Å². The van der Waals surface area contributed by atoms with Crippen molar-refractivity contribution in [3.8, 4) is 0 Å². The number of rotatable bonds is 12. The van der Waals surface area contributed by atoms with Crippen LogP contribution in [0.25, 0.3) is 0 Å². The number of ether oxygens (including phenoxy) is 1. The number of halogens is 2. The van der Waals surface area contributed by atoms with Crippen molar-refractivity contribution in [1.29, 1.82) is 0 Å². The summed E-state index contributed by atoms with van der Waals surface area (Å²) >= 11 is 0. The van der Waals surface area contributed by atoms with Gasteiger partial charge in [0.15, 0.2) is 0 Å². The average molecular weight is 369 g/mol. The molecule has 1 aromatic rings. The van der Waals surface area contributed by atoms with Crippen LogP contribution in [0.2, 0.25) is 0 Å². The molecule has 0 aliphatic rings. The van der Waals surface area contributed by atoms with E-state index in [4.69, 9.17) is 4.74 Å². The number of carbonyl (C=O) groups excluding carboxylic acids is 2. The molecule has 0 radical (unpaired) electrons. The summed E-state index contributed by atoms with van der Waals surface area (Å²) in [6, 6.07) is 1.66. The lowest BCUT2D eigenvalue weighted by Crippen LogP contribution is -2.40. The fourth-order valence-electron chi connectivity index (χ4n) is 2.54. The number of carbonyl (C=O) groups is 2. The summed E-state index contributed by atoms with van der Waals surface area (Å²) in [6.07, 6.45) is 9.11. The molecular weight excluding hydrogens is 340 g/mol. The van der Waals surface area contributed by atoms with Crippen LogP contribution in [0.15, 0.2) is 18.2 Å². The summed E-state index contributed by atoms with van der Waals surface area (Å²) < 4.78 is 31.8. The van der Waals surface area contributed by atoms with Gasteiger partial charge in [-0.3, -0.25) is 4.79 Å². The minimum absolute atomic E-state index is 0.294. The molecule has 146 valence electrons. The largest absolute Gasteiger partial charge is 0.464 e. The Labute approximate surface area is 154 Å². The number of benzene rings is 1. The molecule has 0 spiro atoms. The monoisotopic (exact) mass is 369 g/mol. The van der Waals surface area contributed by atoms with E-state index in [2.05, 4.69) is 12.2 Å². The van der Waals surface area contributed by atoms with Crippen LogP contribution in [0.4, 0.5) is 8.78 Å². The highest BCUT2D eigenvalue weighted by molar-refractivity contribution is 5.96. The Bertz CT molecular complexity index is 578. The Morgan fingerprint density at radius 1 is 1.04 bits per heavy atom. The lowest BCUT2D eigenvalue weighted by Gasteiger charge is -2.14. The van der Waals surface area contributed by atoms with Gasteiger partial charge in [0.05, 0.1) is 12.2 Å². The molecule has 26 heavy (non-hydrogen) atoms. The van der Waals surface area contributed by atoms with E-state index < -0.39 is 35.1 Å². The first-order valence-electron chi connectivity index (χ1n) is 9.38. The first-order valence-corrected chi connectivity index (χ1v) is 9.38. The van der Waals surface area contributed by atoms with E-state index in [-0.39, 0.29) is 0 Å². The number of unbranched alkanes of at least 4 members (excludes halogenated alkanes) is 7. The standard InChI is InChI=1S/C20H29F2NO3/c1-3-4-5-6-7-8-9-10-13-26-20(25)15(2)23-19(24)17-14-16(21)11-12-18(17)22/h11-12,14-15H,3-10,13H2,1-2H3,(H,23,24). The topological polar surface area (TPSA) is 55.4 Å². The third kappa shape index (κ3) is 8.41. The molecule has 1 atom stereocenters. The Hall–Kier alpha value is -1.98. The van der Waals surface area contributed by atoms with Gasteiger partial charge in [0.25, 0.3) is 5.91 Å². The third-order valence-electron chi connectivity index (χ3n) is 4.12. The first-order chi connectivity index (χ1) is 12.5. The fraction of sp³-hybridized carbons (Fsp3) is 0.600. The zero-order valence-corrected chi connectivity index (χ0v) is 15.7. The van der Waals surface area contributed by atoms with Crippen LogP contribution >= 0.6 is 0 Å². The molecule has 1 N–H and O–H groups in total. The summed E-state index contributed by atoms with van der Waals surface area (Å²) in [7, 11) is 0. The molecule has 0 heterocycles. The van der Waals surface area contributed by atoms with Gasteiger partial charge in [-0.05, 0) is 31.5 Å². The van der Waals surface area contributed by atoms with E-state index in [1.165, 1.54) is 39.0 Å². The van der Waals surface area contributed by atoms with Crippen LogP contribution in [0.5, 0.6) is 0 Å². The molecule has 0 fully saturated rings. The van der Waals surface area contributed by atoms with Crippen molar-refractivity contribution in [3.05, 3.63) is 35.4 Å². The highest BCUT2D eigenvalue weighted by Gasteiger charge is 2.20. The second kappa shape index (κ2) is 12.4. The SMILES string of the molecule is CCCCCCCCCCOC(=O)C(C)NC(=O)c1cc(F)ccc1F. The third-order valence-corrected chi connectivity index (χ3v) is 4.12. The molecule has 0 aromatic heterocycles. The molecule has 0 saturated heterocycles. The van der Waals surface area contributed by atoms with Crippen LogP contribution in [0, 0.1) is 11.6 Å². The van der Waals surface area contributed by atoms with Gasteiger partial charge in [-0.1, -0.05) is 51.9 Å². The second-order valence-corrected chi connectivity index (χ2v) is 6.46. The molecule has 0 bridgehead atoms. The molecule has 0 saturated carbocycles. The molecule has 1 amide bonds. The van der Waals surface area contributed by atoms with Gasteiger partial charge in [0, 0.05) is 0 Å². The average Bonchev–Trinajstić information content (AvgIpc) is 2.61. The zero-order valence-electron chi connectivity index (χ0n) is 15.7. The smallest absolute Gasteiger partial charge is 0.328 e. The number of hydrogen-bond donors (Lipinski definition) is 1. The Morgan fingerprint density at radius 3 is 2.31 bits per heavy atom. The number of hydrogen-bond acceptors (Lipinski definition) is 3. The molecule has 1 aromatic carbocycles. The first kappa shape index (κ1) is 22.1. The van der Waals surface area contributed by atoms with Crippen molar-refractivity contribution in [3.63, 3.8) is 0 Å². The van der Waals surface area contributed by atoms with Crippen LogP contribution < -0.4 is 5.32 Å². The van der Waals surface area contributed by atoms with Gasteiger partial charge >= 0.3 is 5.97 Å². The van der Waals surface area contributed by atoms with E-state index in [0.29, 0.717) is 6.61 Å². The summed E-state index contributed by atoms with van der Waals surface area (Å²) in [4.78, 5) is 23.8. The van der Waals surface area contributed by atoms with E-state index in [1.807, 2.05) is 0 Å². The highest BCUT2D eigenvalue weighted by Crippen LogP contribution is 2.10. The quantitative estimate of drug-likeness (QED) is 0.427. The van der Waals surface area contributed by atoms with Crippen LogP contribution in [0.1, 0.15) is 75.6 Å². The second-order valence-electron chi connectivity index (χ2n) is 6.46. The van der Waals surface area contributed by atoms with Gasteiger partial charge < -0.3 is 10.1 Å². The van der Waals surface area contributed by atoms with Crippen LogP contribution in [-0.2, 0) is 9.53 Å². The molecule has 1 rings (SSSR count). The normalized spacial score (nSPS) is 11.8. The Balaban J connectivity index is 2.22. The summed E-state index contributed by atoms with van der Waals surface area (Å²) in [6.45, 7) is 3.93. The molecule has 4 nitrogen and oxygen atoms in total. The van der Waals surface area contributed by atoms with Crippen molar-refractivity contribution in [2.45, 2.75) is 71.3 Å². The zero-order chi connectivity index (χ0) is 19.4. The lowest BCUT2D eigenvalue weighted by molar-refractivity contribution is -0.145. The van der Waals surface area contributed by atoms with Crippen molar-refractivity contribution in [2.24, 2.45) is 0 Å². The molecule has 1 unspecified atom stereocenters. The van der Waals surface area contributed by atoms with E-state index in [0.717, 1.165) is 37.5 Å². The summed E-state index contributed by atoms with van der Waals surface area (Å²) in [5, 5.41) is 2.32. The number of esters is 1. The molecule has 0 aliphatic heterocycles. The van der Waals surface area contributed by atoms with Crippen LogP contribution in [0.3, 0.4) is 0 Å². The van der Waals surface area contributed by atoms with E-state index >= 15 is 0 Å². The highest BCUT2D eigenvalue weighted by atomic mass is 19.1. The van der Waals surface area contributed by atoms with E-state index in [9.17, 15) is 18.4 Å². The maximum atomic E-state index is 13.5. The fourth-order valence-corrected chi connectivity index (χ4v) is 2.54. The maximum absolute atomic E-state index is 13.5. The Morgan fingerprint density at radius 2 is 1.65 bits per heavy atom. The molecule has 6 heteroatoms. The Kier molecular flexibility index (Phi) is 10.5. The van der Waals surface area contributed by atoms with Gasteiger partial charge in [0.2, 0.25) is 0 Å². The lowest BCUT2D eigenvalue weighted by atomic mass is 10.1. The summed E-state index contributed by atoms with van der Waals surface area (Å²) in [5.74, 6) is -3.00. The van der Waals surface area contributed by atoms with Gasteiger partial charge in [0.1, 0.15) is 17.7 Å².